The number of anilines is 1. The summed E-state index contributed by atoms with van der Waals surface area (Å²) in [7, 11) is 0. The molecule has 1 aliphatic rings. The number of hydrogen-bond acceptors (Lipinski definition) is 2. The van der Waals surface area contributed by atoms with Crippen molar-refractivity contribution < 1.29 is 9.59 Å². The molecule has 0 aliphatic carbocycles. The quantitative estimate of drug-likeness (QED) is 0.928. The van der Waals surface area contributed by atoms with E-state index in [-0.39, 0.29) is 30.2 Å². The van der Waals surface area contributed by atoms with Crippen LogP contribution in [0.4, 0.5) is 5.69 Å². The first kappa shape index (κ1) is 14.9. The van der Waals surface area contributed by atoms with Crippen molar-refractivity contribution in [3.05, 3.63) is 29.3 Å². The van der Waals surface area contributed by atoms with Gasteiger partial charge >= 0.3 is 0 Å². The van der Waals surface area contributed by atoms with Crippen LogP contribution in [0, 0.1) is 5.92 Å². The molecule has 20 heavy (non-hydrogen) atoms. The largest absolute Gasteiger partial charge is 0.353 e. The van der Waals surface area contributed by atoms with Gasteiger partial charge in [-0.25, -0.2) is 0 Å². The lowest BCUT2D eigenvalue weighted by Gasteiger charge is -2.18. The highest BCUT2D eigenvalue weighted by Gasteiger charge is 2.35. The Labute approximate surface area is 124 Å². The SMILES string of the molecule is CC[C@H](C)NC(=O)[C@H]1CC(=O)N(c2ccc(Cl)cc2)C1. The molecule has 2 atom stereocenters. The van der Waals surface area contributed by atoms with E-state index in [1.165, 1.54) is 0 Å². The Kier molecular flexibility index (Phi) is 4.65. The number of nitrogens with one attached hydrogen (secondary N) is 1. The lowest BCUT2D eigenvalue weighted by Crippen LogP contribution is -2.38. The number of benzene rings is 1. The molecule has 0 aromatic heterocycles. The molecule has 0 radical (unpaired) electrons. The van der Waals surface area contributed by atoms with Gasteiger partial charge in [-0.15, -0.1) is 0 Å². The summed E-state index contributed by atoms with van der Waals surface area (Å²) in [5.41, 5.74) is 0.790. The van der Waals surface area contributed by atoms with Crippen molar-refractivity contribution in [2.24, 2.45) is 5.92 Å². The highest BCUT2D eigenvalue weighted by atomic mass is 35.5. The van der Waals surface area contributed by atoms with Gasteiger partial charge in [0, 0.05) is 29.7 Å². The molecule has 0 unspecified atom stereocenters. The van der Waals surface area contributed by atoms with Crippen molar-refractivity contribution in [2.45, 2.75) is 32.7 Å². The van der Waals surface area contributed by atoms with Crippen molar-refractivity contribution in [2.75, 3.05) is 11.4 Å². The zero-order valence-corrected chi connectivity index (χ0v) is 12.5. The minimum Gasteiger partial charge on any atom is -0.353 e. The van der Waals surface area contributed by atoms with E-state index in [9.17, 15) is 9.59 Å². The highest BCUT2D eigenvalue weighted by Crippen LogP contribution is 2.26. The summed E-state index contributed by atoms with van der Waals surface area (Å²) in [5.74, 6) is -0.326. The van der Waals surface area contributed by atoms with E-state index in [1.807, 2.05) is 13.8 Å². The number of hydrogen-bond donors (Lipinski definition) is 1. The first-order valence-electron chi connectivity index (χ1n) is 6.87. The maximum absolute atomic E-state index is 12.1. The summed E-state index contributed by atoms with van der Waals surface area (Å²) < 4.78 is 0. The smallest absolute Gasteiger partial charge is 0.227 e. The summed E-state index contributed by atoms with van der Waals surface area (Å²) in [6, 6.07) is 7.24. The van der Waals surface area contributed by atoms with Gasteiger partial charge in [0.1, 0.15) is 0 Å². The minimum absolute atomic E-state index is 0.0170. The van der Waals surface area contributed by atoms with Crippen molar-refractivity contribution >= 4 is 29.1 Å². The predicted octanol–water partition coefficient (Wildman–Crippen LogP) is 2.61. The zero-order valence-electron chi connectivity index (χ0n) is 11.7. The third-order valence-electron chi connectivity index (χ3n) is 3.64. The molecule has 0 spiro atoms. The normalized spacial score (nSPS) is 20.1. The second-order valence-electron chi connectivity index (χ2n) is 5.20. The van der Waals surface area contributed by atoms with Crippen LogP contribution >= 0.6 is 11.6 Å². The molecule has 1 fully saturated rings. The Morgan fingerprint density at radius 3 is 2.70 bits per heavy atom. The van der Waals surface area contributed by atoms with Crippen LogP contribution in [-0.2, 0) is 9.59 Å². The van der Waals surface area contributed by atoms with E-state index in [4.69, 9.17) is 11.6 Å². The Hall–Kier alpha value is -1.55. The van der Waals surface area contributed by atoms with Gasteiger partial charge in [0.15, 0.2) is 0 Å². The Balaban J connectivity index is 2.03. The molecule has 2 rings (SSSR count). The molecular formula is C15H19ClN2O2. The van der Waals surface area contributed by atoms with E-state index in [0.717, 1.165) is 12.1 Å². The monoisotopic (exact) mass is 294 g/mol. The molecule has 1 heterocycles. The maximum atomic E-state index is 12.1. The van der Waals surface area contributed by atoms with Crippen molar-refractivity contribution in [1.82, 2.24) is 5.32 Å². The van der Waals surface area contributed by atoms with Gasteiger partial charge in [-0.05, 0) is 37.6 Å². The number of halogens is 1. The summed E-state index contributed by atoms with van der Waals surface area (Å²) in [6.45, 7) is 4.42. The molecule has 4 nitrogen and oxygen atoms in total. The third kappa shape index (κ3) is 3.31. The third-order valence-corrected chi connectivity index (χ3v) is 3.89. The number of carbonyl (C=O) groups is 2. The standard InChI is InChI=1S/C15H19ClN2O2/c1-3-10(2)17-15(20)11-8-14(19)18(9-11)13-6-4-12(16)5-7-13/h4-7,10-11H,3,8-9H2,1-2H3,(H,17,20)/t10-,11-/m0/s1. The fourth-order valence-electron chi connectivity index (χ4n) is 2.22. The van der Waals surface area contributed by atoms with Gasteiger partial charge in [-0.3, -0.25) is 9.59 Å². The zero-order chi connectivity index (χ0) is 14.7. The van der Waals surface area contributed by atoms with Crippen LogP contribution in [0.2, 0.25) is 5.02 Å². The van der Waals surface area contributed by atoms with Crippen LogP contribution < -0.4 is 10.2 Å². The van der Waals surface area contributed by atoms with E-state index in [2.05, 4.69) is 5.32 Å². The molecular weight excluding hydrogens is 276 g/mol. The average Bonchev–Trinajstić information content (AvgIpc) is 2.81. The molecule has 2 amide bonds. The Bertz CT molecular complexity index is 501. The van der Waals surface area contributed by atoms with Crippen LogP contribution in [-0.4, -0.2) is 24.4 Å². The molecule has 1 aliphatic heterocycles. The van der Waals surface area contributed by atoms with E-state index in [0.29, 0.717) is 11.6 Å². The Morgan fingerprint density at radius 2 is 2.10 bits per heavy atom. The van der Waals surface area contributed by atoms with Crippen molar-refractivity contribution in [3.8, 4) is 0 Å². The first-order chi connectivity index (χ1) is 9.51. The molecule has 0 bridgehead atoms. The van der Waals surface area contributed by atoms with E-state index < -0.39 is 0 Å². The van der Waals surface area contributed by atoms with Gasteiger partial charge in [0.2, 0.25) is 11.8 Å². The fraction of sp³-hybridized carbons (Fsp3) is 0.467. The number of rotatable bonds is 4. The second-order valence-corrected chi connectivity index (χ2v) is 5.64. The summed E-state index contributed by atoms with van der Waals surface area (Å²) in [6.07, 6.45) is 1.15. The van der Waals surface area contributed by atoms with Crippen LogP contribution in [0.15, 0.2) is 24.3 Å². The molecule has 1 N–H and O–H groups in total. The number of nitrogens with zero attached hydrogens (tertiary/aromatic N) is 1. The van der Waals surface area contributed by atoms with E-state index in [1.54, 1.807) is 29.2 Å². The first-order valence-corrected chi connectivity index (χ1v) is 7.25. The maximum Gasteiger partial charge on any atom is 0.227 e. The van der Waals surface area contributed by atoms with E-state index >= 15 is 0 Å². The van der Waals surface area contributed by atoms with Gasteiger partial charge in [0.05, 0.1) is 5.92 Å². The lowest BCUT2D eigenvalue weighted by atomic mass is 10.1. The van der Waals surface area contributed by atoms with Crippen LogP contribution in [0.1, 0.15) is 26.7 Å². The predicted molar refractivity (Wildman–Crippen MR) is 79.8 cm³/mol. The second kappa shape index (κ2) is 6.27. The number of amides is 2. The van der Waals surface area contributed by atoms with Crippen molar-refractivity contribution in [3.63, 3.8) is 0 Å². The molecule has 108 valence electrons. The van der Waals surface area contributed by atoms with Gasteiger partial charge < -0.3 is 10.2 Å². The van der Waals surface area contributed by atoms with Crippen LogP contribution in [0.25, 0.3) is 0 Å². The molecule has 0 saturated carbocycles. The van der Waals surface area contributed by atoms with Gasteiger partial charge in [-0.2, -0.15) is 0 Å². The Morgan fingerprint density at radius 1 is 1.45 bits per heavy atom. The number of carbonyl (C=O) groups excluding carboxylic acids is 2. The molecule has 1 aromatic rings. The molecule has 5 heteroatoms. The topological polar surface area (TPSA) is 49.4 Å². The minimum atomic E-state index is -0.271. The average molecular weight is 295 g/mol. The molecule has 1 saturated heterocycles. The van der Waals surface area contributed by atoms with Gasteiger partial charge in [0.25, 0.3) is 0 Å². The lowest BCUT2D eigenvalue weighted by molar-refractivity contribution is -0.126. The van der Waals surface area contributed by atoms with Gasteiger partial charge in [-0.1, -0.05) is 18.5 Å². The molecule has 1 aromatic carbocycles. The summed E-state index contributed by atoms with van der Waals surface area (Å²) >= 11 is 5.84. The van der Waals surface area contributed by atoms with Crippen LogP contribution in [0.5, 0.6) is 0 Å². The van der Waals surface area contributed by atoms with Crippen molar-refractivity contribution in [1.29, 1.82) is 0 Å². The summed E-state index contributed by atoms with van der Waals surface area (Å²) in [4.78, 5) is 25.8. The fourth-order valence-corrected chi connectivity index (χ4v) is 2.34. The highest BCUT2D eigenvalue weighted by molar-refractivity contribution is 6.30. The summed E-state index contributed by atoms with van der Waals surface area (Å²) in [5, 5.41) is 3.57. The van der Waals surface area contributed by atoms with Crippen LogP contribution in [0.3, 0.4) is 0 Å².